The summed E-state index contributed by atoms with van der Waals surface area (Å²) >= 11 is 0. The zero-order chi connectivity index (χ0) is 12.1. The second-order valence-electron chi connectivity index (χ2n) is 5.15. The van der Waals surface area contributed by atoms with Gasteiger partial charge in [0, 0.05) is 11.6 Å². The Labute approximate surface area is 103 Å². The van der Waals surface area contributed by atoms with E-state index < -0.39 is 0 Å². The Balaban J connectivity index is 1.90. The smallest absolute Gasteiger partial charge is 0.251 e. The van der Waals surface area contributed by atoms with E-state index in [0.29, 0.717) is 6.04 Å². The van der Waals surface area contributed by atoms with E-state index in [4.69, 9.17) is 0 Å². The molecule has 1 aromatic carbocycles. The van der Waals surface area contributed by atoms with Crippen LogP contribution in [0.4, 0.5) is 0 Å². The van der Waals surface area contributed by atoms with Gasteiger partial charge in [0.15, 0.2) is 0 Å². The predicted molar refractivity (Wildman–Crippen MR) is 69.9 cm³/mol. The summed E-state index contributed by atoms with van der Waals surface area (Å²) in [5, 5.41) is 3.16. The van der Waals surface area contributed by atoms with Crippen LogP contribution in [-0.4, -0.2) is 11.9 Å². The lowest BCUT2D eigenvalue weighted by molar-refractivity contribution is 0.0933. The normalized spacial score (nSPS) is 25.0. The second-order valence-corrected chi connectivity index (χ2v) is 5.15. The van der Waals surface area contributed by atoms with Crippen LogP contribution < -0.4 is 5.32 Å². The van der Waals surface area contributed by atoms with E-state index in [2.05, 4.69) is 12.2 Å². The van der Waals surface area contributed by atoms with Crippen LogP contribution in [0.5, 0.6) is 0 Å². The lowest BCUT2D eigenvalue weighted by Crippen LogP contribution is -2.34. The molecule has 1 N–H and O–H groups in total. The minimum absolute atomic E-state index is 0.0742. The Morgan fingerprint density at radius 3 is 2.65 bits per heavy atom. The molecule has 0 bridgehead atoms. The molecule has 0 spiro atoms. The molecule has 1 aromatic rings. The molecule has 92 valence electrons. The Hall–Kier alpha value is -1.31. The zero-order valence-electron chi connectivity index (χ0n) is 10.5. The Morgan fingerprint density at radius 2 is 1.88 bits per heavy atom. The average molecular weight is 231 g/mol. The fourth-order valence-corrected chi connectivity index (χ4v) is 2.49. The van der Waals surface area contributed by atoms with E-state index in [1.807, 2.05) is 30.3 Å². The topological polar surface area (TPSA) is 29.1 Å². The molecular formula is C15H21NO. The number of rotatable bonds is 2. The standard InChI is InChI=1S/C15H21NO/c1-12-6-5-9-14(11-10-12)16-15(17)13-7-3-2-4-8-13/h2-4,7-8,12,14H,5-6,9-11H2,1H3,(H,16,17). The summed E-state index contributed by atoms with van der Waals surface area (Å²) in [6.45, 7) is 2.31. The summed E-state index contributed by atoms with van der Waals surface area (Å²) < 4.78 is 0. The Bertz CT molecular complexity index is 360. The molecule has 0 heterocycles. The van der Waals surface area contributed by atoms with Crippen LogP contribution in [0.1, 0.15) is 49.4 Å². The highest BCUT2D eigenvalue weighted by Crippen LogP contribution is 2.22. The average Bonchev–Trinajstić information content (AvgIpc) is 2.56. The summed E-state index contributed by atoms with van der Waals surface area (Å²) in [4.78, 5) is 12.0. The first kappa shape index (κ1) is 12.2. The highest BCUT2D eigenvalue weighted by Gasteiger charge is 2.18. The molecule has 1 saturated carbocycles. The van der Waals surface area contributed by atoms with Crippen molar-refractivity contribution in [3.63, 3.8) is 0 Å². The van der Waals surface area contributed by atoms with Crippen molar-refractivity contribution in [1.82, 2.24) is 5.32 Å². The van der Waals surface area contributed by atoms with Crippen molar-refractivity contribution >= 4 is 5.91 Å². The number of benzene rings is 1. The Morgan fingerprint density at radius 1 is 1.12 bits per heavy atom. The Kier molecular flexibility index (Phi) is 4.18. The van der Waals surface area contributed by atoms with Crippen molar-refractivity contribution in [3.8, 4) is 0 Å². The maximum atomic E-state index is 12.0. The van der Waals surface area contributed by atoms with Crippen molar-refractivity contribution in [2.45, 2.75) is 45.1 Å². The van der Waals surface area contributed by atoms with Crippen LogP contribution in [-0.2, 0) is 0 Å². The highest BCUT2D eigenvalue weighted by molar-refractivity contribution is 5.94. The highest BCUT2D eigenvalue weighted by atomic mass is 16.1. The zero-order valence-corrected chi connectivity index (χ0v) is 10.5. The van der Waals surface area contributed by atoms with Crippen molar-refractivity contribution < 1.29 is 4.79 Å². The number of hydrogen-bond donors (Lipinski definition) is 1. The fourth-order valence-electron chi connectivity index (χ4n) is 2.49. The molecule has 17 heavy (non-hydrogen) atoms. The van der Waals surface area contributed by atoms with Crippen LogP contribution in [0.15, 0.2) is 30.3 Å². The first-order valence-corrected chi connectivity index (χ1v) is 6.61. The molecule has 1 fully saturated rings. The number of nitrogens with one attached hydrogen (secondary N) is 1. The third-order valence-electron chi connectivity index (χ3n) is 3.63. The summed E-state index contributed by atoms with van der Waals surface area (Å²) in [6.07, 6.45) is 6.03. The third-order valence-corrected chi connectivity index (χ3v) is 3.63. The van der Waals surface area contributed by atoms with E-state index in [1.54, 1.807) is 0 Å². The fraction of sp³-hybridized carbons (Fsp3) is 0.533. The monoisotopic (exact) mass is 231 g/mol. The summed E-state index contributed by atoms with van der Waals surface area (Å²) in [5.41, 5.74) is 0.768. The minimum atomic E-state index is 0.0742. The van der Waals surface area contributed by atoms with Gasteiger partial charge in [0.05, 0.1) is 0 Å². The lowest BCUT2D eigenvalue weighted by atomic mass is 10.0. The van der Waals surface area contributed by atoms with Crippen LogP contribution in [0.25, 0.3) is 0 Å². The van der Waals surface area contributed by atoms with Crippen molar-refractivity contribution in [2.75, 3.05) is 0 Å². The number of carbonyl (C=O) groups is 1. The van der Waals surface area contributed by atoms with E-state index in [-0.39, 0.29) is 5.91 Å². The van der Waals surface area contributed by atoms with Gasteiger partial charge in [-0.15, -0.1) is 0 Å². The van der Waals surface area contributed by atoms with Crippen molar-refractivity contribution in [2.24, 2.45) is 5.92 Å². The van der Waals surface area contributed by atoms with Gasteiger partial charge in [-0.2, -0.15) is 0 Å². The van der Waals surface area contributed by atoms with Crippen LogP contribution in [0.2, 0.25) is 0 Å². The molecule has 2 rings (SSSR count). The molecule has 0 radical (unpaired) electrons. The van der Waals surface area contributed by atoms with Gasteiger partial charge in [-0.1, -0.05) is 38.0 Å². The predicted octanol–water partition coefficient (Wildman–Crippen LogP) is 3.39. The number of hydrogen-bond acceptors (Lipinski definition) is 1. The summed E-state index contributed by atoms with van der Waals surface area (Å²) in [7, 11) is 0. The summed E-state index contributed by atoms with van der Waals surface area (Å²) in [6, 6.07) is 9.86. The van der Waals surface area contributed by atoms with Crippen molar-refractivity contribution in [3.05, 3.63) is 35.9 Å². The SMILES string of the molecule is CC1CCCC(NC(=O)c2ccccc2)CC1. The molecule has 2 nitrogen and oxygen atoms in total. The molecule has 1 aliphatic carbocycles. The minimum Gasteiger partial charge on any atom is -0.349 e. The van der Waals surface area contributed by atoms with E-state index >= 15 is 0 Å². The van der Waals surface area contributed by atoms with E-state index in [0.717, 1.165) is 24.3 Å². The van der Waals surface area contributed by atoms with Crippen LogP contribution in [0, 0.1) is 5.92 Å². The number of amides is 1. The first-order chi connectivity index (χ1) is 8.25. The van der Waals surface area contributed by atoms with Gasteiger partial charge in [0.1, 0.15) is 0 Å². The molecule has 0 saturated heterocycles. The molecule has 1 amide bonds. The maximum absolute atomic E-state index is 12.0. The number of carbonyl (C=O) groups excluding carboxylic acids is 1. The third kappa shape index (κ3) is 3.58. The van der Waals surface area contributed by atoms with Crippen molar-refractivity contribution in [1.29, 1.82) is 0 Å². The van der Waals surface area contributed by atoms with Gasteiger partial charge in [-0.25, -0.2) is 0 Å². The summed E-state index contributed by atoms with van der Waals surface area (Å²) in [5.74, 6) is 0.888. The molecule has 2 heteroatoms. The first-order valence-electron chi connectivity index (χ1n) is 6.61. The quantitative estimate of drug-likeness (QED) is 0.777. The van der Waals surface area contributed by atoms with Gasteiger partial charge < -0.3 is 5.32 Å². The molecule has 2 atom stereocenters. The van der Waals surface area contributed by atoms with Gasteiger partial charge in [0.2, 0.25) is 0 Å². The molecule has 0 aromatic heterocycles. The molecular weight excluding hydrogens is 210 g/mol. The van der Waals surface area contributed by atoms with Crippen LogP contribution in [0.3, 0.4) is 0 Å². The van der Waals surface area contributed by atoms with E-state index in [9.17, 15) is 4.79 Å². The van der Waals surface area contributed by atoms with Crippen LogP contribution >= 0.6 is 0 Å². The molecule has 0 aliphatic heterocycles. The van der Waals surface area contributed by atoms with Gasteiger partial charge in [0.25, 0.3) is 5.91 Å². The van der Waals surface area contributed by atoms with Gasteiger partial charge >= 0.3 is 0 Å². The molecule has 2 unspecified atom stereocenters. The maximum Gasteiger partial charge on any atom is 0.251 e. The lowest BCUT2D eigenvalue weighted by Gasteiger charge is -2.16. The van der Waals surface area contributed by atoms with Gasteiger partial charge in [-0.3, -0.25) is 4.79 Å². The van der Waals surface area contributed by atoms with E-state index in [1.165, 1.54) is 19.3 Å². The largest absolute Gasteiger partial charge is 0.349 e. The molecule has 1 aliphatic rings. The van der Waals surface area contributed by atoms with Gasteiger partial charge in [-0.05, 0) is 37.3 Å². The second kappa shape index (κ2) is 5.85.